The van der Waals surface area contributed by atoms with Crippen LogP contribution in [0.15, 0.2) is 24.3 Å². The van der Waals surface area contributed by atoms with Crippen LogP contribution in [0, 0.1) is 6.92 Å². The Hall–Kier alpha value is -1.19. The molecule has 3 nitrogen and oxygen atoms in total. The molecule has 0 amide bonds. The number of benzene rings is 1. The Labute approximate surface area is 90.2 Å². The Bertz CT molecular complexity index is 319. The van der Waals surface area contributed by atoms with Gasteiger partial charge in [0.15, 0.2) is 5.78 Å². The number of carbonyl (C=O) groups is 1. The van der Waals surface area contributed by atoms with E-state index < -0.39 is 0 Å². The van der Waals surface area contributed by atoms with E-state index in [1.807, 2.05) is 38.1 Å². The summed E-state index contributed by atoms with van der Waals surface area (Å²) < 4.78 is 5.26. The Morgan fingerprint density at radius 1 is 1.40 bits per heavy atom. The van der Waals surface area contributed by atoms with Crippen molar-refractivity contribution in [2.45, 2.75) is 20.0 Å². The van der Waals surface area contributed by atoms with Gasteiger partial charge in [0.2, 0.25) is 0 Å². The third kappa shape index (κ3) is 3.81. The molecule has 0 saturated carbocycles. The predicted molar refractivity (Wildman–Crippen MR) is 60.0 cm³/mol. The van der Waals surface area contributed by atoms with Gasteiger partial charge in [-0.3, -0.25) is 4.79 Å². The molecule has 0 heterocycles. The smallest absolute Gasteiger partial charge is 0.188 e. The SMILES string of the molecule is Cc1ccc(C(=O)COC(C)CN)cc1. The minimum atomic E-state index is -0.0700. The summed E-state index contributed by atoms with van der Waals surface area (Å²) in [4.78, 5) is 11.6. The van der Waals surface area contributed by atoms with Crippen molar-refractivity contribution in [2.75, 3.05) is 13.2 Å². The van der Waals surface area contributed by atoms with Gasteiger partial charge < -0.3 is 10.5 Å². The summed E-state index contributed by atoms with van der Waals surface area (Å²) in [6.45, 7) is 4.37. The average Bonchev–Trinajstić information content (AvgIpc) is 2.26. The number of ketones is 1. The zero-order valence-corrected chi connectivity index (χ0v) is 9.19. The van der Waals surface area contributed by atoms with Crippen molar-refractivity contribution in [3.05, 3.63) is 35.4 Å². The second-order valence-electron chi connectivity index (χ2n) is 3.65. The third-order valence-electron chi connectivity index (χ3n) is 2.20. The predicted octanol–water partition coefficient (Wildman–Crippen LogP) is 1.54. The van der Waals surface area contributed by atoms with Crippen LogP contribution in [0.2, 0.25) is 0 Å². The molecule has 0 radical (unpaired) electrons. The van der Waals surface area contributed by atoms with Gasteiger partial charge in [-0.2, -0.15) is 0 Å². The number of hydrogen-bond donors (Lipinski definition) is 1. The number of nitrogens with two attached hydrogens (primary N) is 1. The fourth-order valence-corrected chi connectivity index (χ4v) is 1.11. The first kappa shape index (κ1) is 11.9. The molecule has 15 heavy (non-hydrogen) atoms. The van der Waals surface area contributed by atoms with Crippen molar-refractivity contribution in [2.24, 2.45) is 5.73 Å². The summed E-state index contributed by atoms with van der Waals surface area (Å²) in [6, 6.07) is 7.46. The molecule has 1 unspecified atom stereocenters. The van der Waals surface area contributed by atoms with E-state index in [2.05, 4.69) is 0 Å². The van der Waals surface area contributed by atoms with Gasteiger partial charge in [-0.25, -0.2) is 0 Å². The highest BCUT2D eigenvalue weighted by atomic mass is 16.5. The molecule has 1 rings (SSSR count). The average molecular weight is 207 g/mol. The number of ether oxygens (including phenoxy) is 1. The maximum atomic E-state index is 11.6. The molecule has 0 spiro atoms. The van der Waals surface area contributed by atoms with E-state index in [1.165, 1.54) is 0 Å². The summed E-state index contributed by atoms with van der Waals surface area (Å²) in [7, 11) is 0. The van der Waals surface area contributed by atoms with Gasteiger partial charge in [0, 0.05) is 12.1 Å². The lowest BCUT2D eigenvalue weighted by Crippen LogP contribution is -2.23. The van der Waals surface area contributed by atoms with Crippen LogP contribution in [-0.2, 0) is 4.74 Å². The van der Waals surface area contributed by atoms with Crippen molar-refractivity contribution in [3.8, 4) is 0 Å². The zero-order valence-electron chi connectivity index (χ0n) is 9.19. The summed E-state index contributed by atoms with van der Waals surface area (Å²) in [6.07, 6.45) is -0.0700. The highest BCUT2D eigenvalue weighted by molar-refractivity contribution is 5.97. The summed E-state index contributed by atoms with van der Waals surface area (Å²) in [5.74, 6) is -0.00435. The third-order valence-corrected chi connectivity index (χ3v) is 2.20. The van der Waals surface area contributed by atoms with Crippen LogP contribution >= 0.6 is 0 Å². The molecule has 0 fully saturated rings. The van der Waals surface area contributed by atoms with Gasteiger partial charge in [0.1, 0.15) is 6.61 Å². The largest absolute Gasteiger partial charge is 0.369 e. The summed E-state index contributed by atoms with van der Waals surface area (Å²) >= 11 is 0. The molecule has 3 heteroatoms. The van der Waals surface area contributed by atoms with E-state index in [0.29, 0.717) is 12.1 Å². The van der Waals surface area contributed by atoms with E-state index in [0.717, 1.165) is 5.56 Å². The van der Waals surface area contributed by atoms with Gasteiger partial charge in [0.05, 0.1) is 6.10 Å². The van der Waals surface area contributed by atoms with E-state index >= 15 is 0 Å². The molecule has 1 aromatic rings. The van der Waals surface area contributed by atoms with Crippen molar-refractivity contribution >= 4 is 5.78 Å². The van der Waals surface area contributed by atoms with Gasteiger partial charge in [0.25, 0.3) is 0 Å². The van der Waals surface area contributed by atoms with Crippen molar-refractivity contribution < 1.29 is 9.53 Å². The Balaban J connectivity index is 2.50. The molecule has 0 saturated heterocycles. The Kier molecular flexibility index (Phi) is 4.46. The quantitative estimate of drug-likeness (QED) is 0.745. The normalized spacial score (nSPS) is 12.5. The number of Topliss-reactive ketones (excluding diaryl/α,β-unsaturated/α-hetero) is 1. The highest BCUT2D eigenvalue weighted by Gasteiger charge is 2.07. The molecule has 1 aromatic carbocycles. The lowest BCUT2D eigenvalue weighted by molar-refractivity contribution is 0.0554. The van der Waals surface area contributed by atoms with E-state index in [9.17, 15) is 4.79 Å². The van der Waals surface area contributed by atoms with Gasteiger partial charge >= 0.3 is 0 Å². The fraction of sp³-hybridized carbons (Fsp3) is 0.417. The van der Waals surface area contributed by atoms with E-state index in [1.54, 1.807) is 0 Å². The maximum Gasteiger partial charge on any atom is 0.188 e. The lowest BCUT2D eigenvalue weighted by Gasteiger charge is -2.09. The van der Waals surface area contributed by atoms with Gasteiger partial charge in [-0.05, 0) is 13.8 Å². The molecule has 82 valence electrons. The van der Waals surface area contributed by atoms with Gasteiger partial charge in [-0.1, -0.05) is 29.8 Å². The first-order valence-electron chi connectivity index (χ1n) is 5.05. The molecule has 0 aromatic heterocycles. The van der Waals surface area contributed by atoms with Crippen LogP contribution in [0.1, 0.15) is 22.8 Å². The molecule has 1 atom stereocenters. The molecule has 0 aliphatic heterocycles. The summed E-state index contributed by atoms with van der Waals surface area (Å²) in [5.41, 5.74) is 7.21. The van der Waals surface area contributed by atoms with Crippen molar-refractivity contribution in [3.63, 3.8) is 0 Å². The Morgan fingerprint density at radius 2 is 2.00 bits per heavy atom. The Morgan fingerprint density at radius 3 is 2.53 bits per heavy atom. The minimum absolute atomic E-state index is 0.00435. The van der Waals surface area contributed by atoms with Crippen molar-refractivity contribution in [1.82, 2.24) is 0 Å². The minimum Gasteiger partial charge on any atom is -0.369 e. The topological polar surface area (TPSA) is 52.3 Å². The number of carbonyl (C=O) groups excluding carboxylic acids is 1. The molecular weight excluding hydrogens is 190 g/mol. The first-order chi connectivity index (χ1) is 7.13. The molecular formula is C12H17NO2. The van der Waals surface area contributed by atoms with Gasteiger partial charge in [-0.15, -0.1) is 0 Å². The number of aryl methyl sites for hydroxylation is 1. The maximum absolute atomic E-state index is 11.6. The molecule has 2 N–H and O–H groups in total. The first-order valence-corrected chi connectivity index (χ1v) is 5.05. The molecule has 0 bridgehead atoms. The number of hydrogen-bond acceptors (Lipinski definition) is 3. The zero-order chi connectivity index (χ0) is 11.3. The van der Waals surface area contributed by atoms with E-state index in [-0.39, 0.29) is 18.5 Å². The van der Waals surface area contributed by atoms with Crippen LogP contribution in [0.25, 0.3) is 0 Å². The van der Waals surface area contributed by atoms with Crippen LogP contribution in [0.3, 0.4) is 0 Å². The standard InChI is InChI=1S/C12H17NO2/c1-9-3-5-11(6-4-9)12(14)8-15-10(2)7-13/h3-6,10H,7-8,13H2,1-2H3. The van der Waals surface area contributed by atoms with Crippen LogP contribution in [-0.4, -0.2) is 25.0 Å². The van der Waals surface area contributed by atoms with Crippen molar-refractivity contribution in [1.29, 1.82) is 0 Å². The molecule has 0 aliphatic carbocycles. The summed E-state index contributed by atoms with van der Waals surface area (Å²) in [5, 5.41) is 0. The van der Waals surface area contributed by atoms with Crippen LogP contribution < -0.4 is 5.73 Å². The number of rotatable bonds is 5. The van der Waals surface area contributed by atoms with Crippen LogP contribution in [0.4, 0.5) is 0 Å². The second-order valence-corrected chi connectivity index (χ2v) is 3.65. The van der Waals surface area contributed by atoms with Crippen LogP contribution in [0.5, 0.6) is 0 Å². The lowest BCUT2D eigenvalue weighted by atomic mass is 10.1. The fourth-order valence-electron chi connectivity index (χ4n) is 1.11. The highest BCUT2D eigenvalue weighted by Crippen LogP contribution is 2.04. The monoisotopic (exact) mass is 207 g/mol. The molecule has 0 aliphatic rings. The second kappa shape index (κ2) is 5.63. The van der Waals surface area contributed by atoms with E-state index in [4.69, 9.17) is 10.5 Å².